The highest BCUT2D eigenvalue weighted by Crippen LogP contribution is 2.33. The van der Waals surface area contributed by atoms with Gasteiger partial charge in [-0.3, -0.25) is 0 Å². The van der Waals surface area contributed by atoms with Crippen molar-refractivity contribution >= 4 is 23.3 Å². The Morgan fingerprint density at radius 1 is 1.40 bits per heavy atom. The molecule has 0 aromatic heterocycles. The number of rotatable bonds is 4. The van der Waals surface area contributed by atoms with Gasteiger partial charge >= 0.3 is 12.2 Å². The molecule has 1 fully saturated rings. The highest BCUT2D eigenvalue weighted by atomic mass is 35.5. The average Bonchev–Trinajstić information content (AvgIpc) is 2.76. The number of nitrogens with zero attached hydrogens (tertiary/aromatic N) is 1. The molecule has 4 nitrogen and oxygen atoms in total. The molecule has 1 aromatic rings. The number of alkyl halides is 3. The van der Waals surface area contributed by atoms with E-state index in [1.165, 1.54) is 6.07 Å². The summed E-state index contributed by atoms with van der Waals surface area (Å²) < 4.78 is 37.4. The van der Waals surface area contributed by atoms with E-state index in [-0.39, 0.29) is 11.1 Å². The molecule has 20 heavy (non-hydrogen) atoms. The highest BCUT2D eigenvalue weighted by Gasteiger charge is 2.30. The van der Waals surface area contributed by atoms with Gasteiger partial charge in [0.25, 0.3) is 0 Å². The molecule has 8 heteroatoms. The molecule has 0 atom stereocenters. The van der Waals surface area contributed by atoms with Crippen molar-refractivity contribution in [3.8, 4) is 0 Å². The maximum Gasteiger partial charge on any atom is 0.416 e. The molecule has 0 spiro atoms. The number of carbonyl (C=O) groups is 1. The van der Waals surface area contributed by atoms with Gasteiger partial charge < -0.3 is 15.5 Å². The van der Waals surface area contributed by atoms with E-state index < -0.39 is 11.7 Å². The Bertz CT molecular complexity index is 507. The van der Waals surface area contributed by atoms with Gasteiger partial charge in [0, 0.05) is 26.2 Å². The van der Waals surface area contributed by atoms with Crippen LogP contribution in [0.5, 0.6) is 0 Å². The molecule has 1 aliphatic heterocycles. The zero-order valence-electron chi connectivity index (χ0n) is 10.4. The lowest BCUT2D eigenvalue weighted by Crippen LogP contribution is -2.32. The van der Waals surface area contributed by atoms with E-state index in [0.717, 1.165) is 12.1 Å². The minimum atomic E-state index is -4.41. The van der Waals surface area contributed by atoms with Crippen LogP contribution < -0.4 is 10.6 Å². The van der Waals surface area contributed by atoms with Crippen LogP contribution in [-0.2, 0) is 6.18 Å². The van der Waals surface area contributed by atoms with Crippen LogP contribution in [0.2, 0.25) is 5.02 Å². The molecule has 110 valence electrons. The third kappa shape index (κ3) is 3.47. The fraction of sp³-hybridized carbons (Fsp3) is 0.417. The summed E-state index contributed by atoms with van der Waals surface area (Å²) >= 11 is 5.80. The van der Waals surface area contributed by atoms with Gasteiger partial charge in [-0.15, -0.1) is 0 Å². The summed E-state index contributed by atoms with van der Waals surface area (Å²) in [7, 11) is 0. The van der Waals surface area contributed by atoms with Crippen LogP contribution in [0.3, 0.4) is 0 Å². The third-order valence-electron chi connectivity index (χ3n) is 2.94. The van der Waals surface area contributed by atoms with Crippen molar-refractivity contribution in [1.29, 1.82) is 0 Å². The van der Waals surface area contributed by atoms with E-state index in [1.807, 2.05) is 0 Å². The predicted molar refractivity (Wildman–Crippen MR) is 69.9 cm³/mol. The Morgan fingerprint density at radius 3 is 2.70 bits per heavy atom. The summed E-state index contributed by atoms with van der Waals surface area (Å²) in [6.45, 7) is 2.11. The molecular formula is C12H13ClF3N3O. The lowest BCUT2D eigenvalue weighted by molar-refractivity contribution is -0.137. The van der Waals surface area contributed by atoms with Crippen LogP contribution in [0, 0.1) is 0 Å². The van der Waals surface area contributed by atoms with Crippen molar-refractivity contribution in [2.24, 2.45) is 0 Å². The first-order valence-electron chi connectivity index (χ1n) is 6.01. The number of hydrogen-bond acceptors (Lipinski definition) is 2. The van der Waals surface area contributed by atoms with Gasteiger partial charge in [-0.1, -0.05) is 11.6 Å². The molecule has 0 saturated carbocycles. The monoisotopic (exact) mass is 307 g/mol. The number of carbonyl (C=O) groups excluding carboxylic acids is 1. The van der Waals surface area contributed by atoms with E-state index in [2.05, 4.69) is 10.6 Å². The van der Waals surface area contributed by atoms with Crippen LogP contribution in [0.4, 0.5) is 23.7 Å². The topological polar surface area (TPSA) is 44.4 Å². The molecule has 1 aliphatic rings. The summed E-state index contributed by atoms with van der Waals surface area (Å²) in [5.74, 6) is 0. The van der Waals surface area contributed by atoms with E-state index >= 15 is 0 Å². The molecular weight excluding hydrogens is 295 g/mol. The van der Waals surface area contributed by atoms with E-state index in [9.17, 15) is 18.0 Å². The number of nitrogens with one attached hydrogen (secondary N) is 2. The Morgan fingerprint density at radius 2 is 2.15 bits per heavy atom. The first-order chi connectivity index (χ1) is 9.38. The summed E-state index contributed by atoms with van der Waals surface area (Å²) in [5.41, 5.74) is -0.369. The first-order valence-corrected chi connectivity index (χ1v) is 6.39. The fourth-order valence-electron chi connectivity index (χ4n) is 1.88. The highest BCUT2D eigenvalue weighted by molar-refractivity contribution is 6.33. The SMILES string of the molecule is O=C1NCCN1CCNc1ccc(C(F)(F)F)cc1Cl. The maximum atomic E-state index is 12.5. The Hall–Kier alpha value is -1.63. The van der Waals surface area contributed by atoms with E-state index in [4.69, 9.17) is 11.6 Å². The van der Waals surface area contributed by atoms with Crippen LogP contribution in [0.15, 0.2) is 18.2 Å². The zero-order chi connectivity index (χ0) is 14.8. The lowest BCUT2D eigenvalue weighted by atomic mass is 10.2. The standard InChI is InChI=1S/C12H13ClF3N3O/c13-9-7-8(12(14,15)16)1-2-10(9)17-3-5-19-6-4-18-11(19)20/h1-2,7,17H,3-6H2,(H,18,20). The average molecular weight is 308 g/mol. The van der Waals surface area contributed by atoms with Gasteiger partial charge in [-0.05, 0) is 18.2 Å². The minimum Gasteiger partial charge on any atom is -0.382 e. The summed E-state index contributed by atoms with van der Waals surface area (Å²) in [6.07, 6.45) is -4.41. The minimum absolute atomic E-state index is 0.00528. The van der Waals surface area contributed by atoms with Crippen LogP contribution in [0.25, 0.3) is 0 Å². The predicted octanol–water partition coefficient (Wildman–Crippen LogP) is 2.80. The molecule has 2 N–H and O–H groups in total. The number of amides is 2. The summed E-state index contributed by atoms with van der Waals surface area (Å²) in [6, 6.07) is 3.00. The van der Waals surface area contributed by atoms with Crippen molar-refractivity contribution in [3.63, 3.8) is 0 Å². The first kappa shape index (κ1) is 14.8. The van der Waals surface area contributed by atoms with Gasteiger partial charge in [0.15, 0.2) is 0 Å². The van der Waals surface area contributed by atoms with Crippen molar-refractivity contribution in [2.45, 2.75) is 6.18 Å². The molecule has 0 radical (unpaired) electrons. The van der Waals surface area contributed by atoms with Crippen molar-refractivity contribution in [1.82, 2.24) is 10.2 Å². The van der Waals surface area contributed by atoms with Crippen LogP contribution >= 0.6 is 11.6 Å². The smallest absolute Gasteiger partial charge is 0.382 e. The van der Waals surface area contributed by atoms with Gasteiger partial charge in [-0.25, -0.2) is 4.79 Å². The summed E-state index contributed by atoms with van der Waals surface area (Å²) in [5, 5.41) is 5.59. The molecule has 0 aliphatic carbocycles. The Balaban J connectivity index is 1.91. The third-order valence-corrected chi connectivity index (χ3v) is 3.25. The molecule has 1 saturated heterocycles. The van der Waals surface area contributed by atoms with Crippen molar-refractivity contribution in [3.05, 3.63) is 28.8 Å². The molecule has 2 amide bonds. The molecule has 1 aromatic carbocycles. The molecule has 0 bridgehead atoms. The molecule has 0 unspecified atom stereocenters. The number of halogens is 4. The summed E-state index contributed by atoms with van der Waals surface area (Å²) in [4.78, 5) is 12.9. The lowest BCUT2D eigenvalue weighted by Gasteiger charge is -2.16. The van der Waals surface area contributed by atoms with Crippen LogP contribution in [0.1, 0.15) is 5.56 Å². The normalized spacial score (nSPS) is 15.4. The van der Waals surface area contributed by atoms with E-state index in [1.54, 1.807) is 4.90 Å². The van der Waals surface area contributed by atoms with Gasteiger partial charge in [0.05, 0.1) is 16.3 Å². The quantitative estimate of drug-likeness (QED) is 0.898. The molecule has 1 heterocycles. The Kier molecular flexibility index (Phi) is 4.27. The van der Waals surface area contributed by atoms with Gasteiger partial charge in [0.2, 0.25) is 0 Å². The number of urea groups is 1. The second-order valence-corrected chi connectivity index (χ2v) is 4.75. The van der Waals surface area contributed by atoms with Gasteiger partial charge in [0.1, 0.15) is 0 Å². The Labute approximate surface area is 118 Å². The van der Waals surface area contributed by atoms with Crippen molar-refractivity contribution < 1.29 is 18.0 Å². The number of benzene rings is 1. The fourth-order valence-corrected chi connectivity index (χ4v) is 2.13. The second kappa shape index (κ2) is 5.78. The largest absolute Gasteiger partial charge is 0.416 e. The zero-order valence-corrected chi connectivity index (χ0v) is 11.2. The number of hydrogen-bond donors (Lipinski definition) is 2. The number of anilines is 1. The van der Waals surface area contributed by atoms with Crippen LogP contribution in [-0.4, -0.2) is 37.1 Å². The maximum absolute atomic E-state index is 12.5. The van der Waals surface area contributed by atoms with Gasteiger partial charge in [-0.2, -0.15) is 13.2 Å². The van der Waals surface area contributed by atoms with Crippen molar-refractivity contribution in [2.75, 3.05) is 31.5 Å². The van der Waals surface area contributed by atoms with E-state index in [0.29, 0.717) is 31.9 Å². The second-order valence-electron chi connectivity index (χ2n) is 4.34. The molecule has 2 rings (SSSR count).